The highest BCUT2D eigenvalue weighted by atomic mass is 32.2. The standard InChI is InChI=1S/C16H16N8O5S4/c1-5(33-16-18-4-19-22-16)32-7-3-30-13-9(12(26)24(13)10(7)14(27)28)21-11(25)8(23-29)6-2-31-15(17)20-6/h2,4-5,9,13,29H,3H2,1H3,(H2,17,20)(H,21,25)(H,27,28)(H,18,19,22)/b23-8+/t5?,9-,13-/m1/s1. The number of nitrogens with zero attached hydrogens (tertiary/aromatic N) is 5. The molecule has 4 rings (SSSR count). The van der Waals surface area contributed by atoms with Gasteiger partial charge in [-0.15, -0.1) is 34.9 Å². The topological polar surface area (TPSA) is 200 Å². The fourth-order valence-electron chi connectivity index (χ4n) is 3.13. The molecule has 0 aromatic carbocycles. The summed E-state index contributed by atoms with van der Waals surface area (Å²) in [4.78, 5) is 47.0. The lowest BCUT2D eigenvalue weighted by Gasteiger charge is -2.49. The van der Waals surface area contributed by atoms with Crippen molar-refractivity contribution in [1.82, 2.24) is 30.4 Å². The van der Waals surface area contributed by atoms with Gasteiger partial charge in [0.25, 0.3) is 11.8 Å². The second-order valence-corrected chi connectivity index (χ2v) is 11.6. The first-order valence-electron chi connectivity index (χ1n) is 9.14. The monoisotopic (exact) mass is 528 g/mol. The van der Waals surface area contributed by atoms with Crippen LogP contribution in [-0.2, 0) is 14.4 Å². The number of H-pyrrole nitrogens is 1. The van der Waals surface area contributed by atoms with E-state index in [2.05, 4.69) is 30.6 Å². The highest BCUT2D eigenvalue weighted by molar-refractivity contribution is 8.19. The van der Waals surface area contributed by atoms with E-state index in [1.54, 1.807) is 0 Å². The number of carboxylic acids is 1. The van der Waals surface area contributed by atoms with E-state index in [9.17, 15) is 24.7 Å². The van der Waals surface area contributed by atoms with Crippen LogP contribution in [0.15, 0.2) is 32.6 Å². The van der Waals surface area contributed by atoms with Crippen molar-refractivity contribution in [2.75, 3.05) is 11.5 Å². The Morgan fingerprint density at radius 1 is 1.45 bits per heavy atom. The first-order valence-corrected chi connectivity index (χ1v) is 12.8. The van der Waals surface area contributed by atoms with Crippen LogP contribution in [0, 0.1) is 0 Å². The van der Waals surface area contributed by atoms with E-state index in [1.165, 1.54) is 51.9 Å². The molecular weight excluding hydrogens is 512 g/mol. The van der Waals surface area contributed by atoms with Crippen molar-refractivity contribution in [2.24, 2.45) is 5.16 Å². The molecule has 0 aliphatic carbocycles. The van der Waals surface area contributed by atoms with Crippen LogP contribution in [0.5, 0.6) is 0 Å². The maximum Gasteiger partial charge on any atom is 0.353 e. The van der Waals surface area contributed by atoms with Gasteiger partial charge in [-0.3, -0.25) is 19.6 Å². The summed E-state index contributed by atoms with van der Waals surface area (Å²) in [7, 11) is 0. The summed E-state index contributed by atoms with van der Waals surface area (Å²) in [6.45, 7) is 1.89. The molecule has 0 spiro atoms. The number of rotatable bonds is 8. The third kappa shape index (κ3) is 4.66. The second kappa shape index (κ2) is 9.62. The van der Waals surface area contributed by atoms with Crippen LogP contribution in [0.2, 0.25) is 0 Å². The predicted molar refractivity (Wildman–Crippen MR) is 124 cm³/mol. The molecule has 0 radical (unpaired) electrons. The number of aliphatic carboxylic acids is 1. The largest absolute Gasteiger partial charge is 0.477 e. The molecule has 2 aliphatic heterocycles. The molecule has 33 heavy (non-hydrogen) atoms. The number of carboxylic acid groups (broad SMARTS) is 1. The zero-order valence-corrected chi connectivity index (χ0v) is 19.9. The lowest BCUT2D eigenvalue weighted by atomic mass is 10.0. The maximum atomic E-state index is 12.8. The van der Waals surface area contributed by atoms with Crippen LogP contribution < -0.4 is 11.1 Å². The number of amides is 2. The molecule has 174 valence electrons. The van der Waals surface area contributed by atoms with Crippen LogP contribution in [0.3, 0.4) is 0 Å². The summed E-state index contributed by atoms with van der Waals surface area (Å²) in [5, 5.41) is 32.6. The number of nitrogens with one attached hydrogen (secondary N) is 2. The number of carbonyl (C=O) groups is 3. The minimum absolute atomic E-state index is 0.0699. The number of thiazole rings is 1. The summed E-state index contributed by atoms with van der Waals surface area (Å²) in [6.07, 6.45) is 1.38. The molecular formula is C16H16N8O5S4. The lowest BCUT2D eigenvalue weighted by molar-refractivity contribution is -0.150. The van der Waals surface area contributed by atoms with Gasteiger partial charge >= 0.3 is 5.97 Å². The van der Waals surface area contributed by atoms with Gasteiger partial charge in [0.2, 0.25) is 0 Å². The Hall–Kier alpha value is -2.76. The zero-order chi connectivity index (χ0) is 23.7. The number of nitrogen functional groups attached to an aromatic ring is 1. The molecule has 1 saturated heterocycles. The van der Waals surface area contributed by atoms with E-state index in [-0.39, 0.29) is 21.1 Å². The predicted octanol–water partition coefficient (Wildman–Crippen LogP) is 0.589. The Kier molecular flexibility index (Phi) is 6.82. The minimum Gasteiger partial charge on any atom is -0.477 e. The van der Waals surface area contributed by atoms with E-state index in [1.807, 2.05) is 6.92 Å². The molecule has 1 unspecified atom stereocenters. The molecule has 17 heteroatoms. The first kappa shape index (κ1) is 23.4. The molecule has 2 aliphatic rings. The van der Waals surface area contributed by atoms with Crippen molar-refractivity contribution in [1.29, 1.82) is 0 Å². The molecule has 3 atom stereocenters. The van der Waals surface area contributed by atoms with Crippen molar-refractivity contribution < 1.29 is 24.7 Å². The van der Waals surface area contributed by atoms with Crippen molar-refractivity contribution in [3.05, 3.63) is 28.0 Å². The minimum atomic E-state index is -1.23. The zero-order valence-electron chi connectivity index (χ0n) is 16.7. The summed E-state index contributed by atoms with van der Waals surface area (Å²) in [5.74, 6) is -2.27. The van der Waals surface area contributed by atoms with Crippen LogP contribution in [0.1, 0.15) is 12.6 Å². The fourth-order valence-corrected chi connectivity index (χ4v) is 7.39. The van der Waals surface area contributed by atoms with Gasteiger partial charge in [-0.1, -0.05) is 16.9 Å². The first-order chi connectivity index (χ1) is 15.8. The maximum absolute atomic E-state index is 12.8. The second-order valence-electron chi connectivity index (χ2n) is 6.55. The van der Waals surface area contributed by atoms with Crippen molar-refractivity contribution in [3.8, 4) is 0 Å². The average molecular weight is 529 g/mol. The number of carbonyl (C=O) groups excluding carboxylic acids is 2. The normalized spacial score (nSPS) is 21.4. The molecule has 13 nitrogen and oxygen atoms in total. The number of fused-ring (bicyclic) bond motifs is 1. The van der Waals surface area contributed by atoms with E-state index in [0.717, 1.165) is 11.3 Å². The fraction of sp³-hybridized carbons (Fsp3) is 0.312. The Morgan fingerprint density at radius 2 is 2.24 bits per heavy atom. The molecule has 0 saturated carbocycles. The number of hydrogen-bond acceptors (Lipinski definition) is 13. The molecule has 4 heterocycles. The Balaban J connectivity index is 1.47. The number of thioether (sulfide) groups is 3. The van der Waals surface area contributed by atoms with Gasteiger partial charge in [0.1, 0.15) is 29.1 Å². The van der Waals surface area contributed by atoms with Crippen LogP contribution in [0.4, 0.5) is 5.13 Å². The average Bonchev–Trinajstić information content (AvgIpc) is 3.43. The number of β-lactam (4-membered cyclic amide) rings is 1. The van der Waals surface area contributed by atoms with Gasteiger partial charge in [-0.2, -0.15) is 5.10 Å². The third-order valence-corrected chi connectivity index (χ3v) is 8.90. The molecule has 2 amide bonds. The number of hydrogen-bond donors (Lipinski definition) is 5. The van der Waals surface area contributed by atoms with Gasteiger partial charge < -0.3 is 21.4 Å². The Bertz CT molecular complexity index is 1150. The van der Waals surface area contributed by atoms with Crippen molar-refractivity contribution >= 4 is 75.2 Å². The summed E-state index contributed by atoms with van der Waals surface area (Å²) in [6, 6.07) is -0.975. The highest BCUT2D eigenvalue weighted by Crippen LogP contribution is 2.46. The quantitative estimate of drug-likeness (QED) is 0.0798. The number of nitrogens with two attached hydrogens (primary N) is 1. The molecule has 0 bridgehead atoms. The highest BCUT2D eigenvalue weighted by Gasteiger charge is 2.54. The summed E-state index contributed by atoms with van der Waals surface area (Å²) in [5.41, 5.74) is 5.13. The summed E-state index contributed by atoms with van der Waals surface area (Å²) >= 11 is 5.10. The molecule has 6 N–H and O–H groups in total. The smallest absolute Gasteiger partial charge is 0.353 e. The van der Waals surface area contributed by atoms with Crippen LogP contribution in [0.25, 0.3) is 0 Å². The Labute approximate surface area is 202 Å². The van der Waals surface area contributed by atoms with Crippen molar-refractivity contribution in [2.45, 2.75) is 28.1 Å². The van der Waals surface area contributed by atoms with Crippen LogP contribution in [-0.4, -0.2) is 80.6 Å². The lowest BCUT2D eigenvalue weighted by Crippen LogP contribution is -2.71. The SMILES string of the molecule is CC(SC1=C(C(=O)O)N2C(=O)[C@@H](NC(=O)/C(=N/O)c3csc(N)n3)[C@H]2SC1)Sc1ncn[nH]1. The number of aromatic nitrogens is 4. The number of aromatic amines is 1. The molecule has 1 fully saturated rings. The van der Waals surface area contributed by atoms with Gasteiger partial charge in [0.15, 0.2) is 16.0 Å². The van der Waals surface area contributed by atoms with E-state index >= 15 is 0 Å². The van der Waals surface area contributed by atoms with Gasteiger partial charge in [0.05, 0.1) is 4.58 Å². The van der Waals surface area contributed by atoms with E-state index in [4.69, 9.17) is 5.73 Å². The van der Waals surface area contributed by atoms with Gasteiger partial charge in [0, 0.05) is 16.0 Å². The van der Waals surface area contributed by atoms with Crippen LogP contribution >= 0.6 is 46.6 Å². The molecule has 2 aromatic heterocycles. The van der Waals surface area contributed by atoms with Gasteiger partial charge in [-0.05, 0) is 6.92 Å². The van der Waals surface area contributed by atoms with E-state index < -0.39 is 34.9 Å². The number of anilines is 1. The Morgan fingerprint density at radius 3 is 2.85 bits per heavy atom. The summed E-state index contributed by atoms with van der Waals surface area (Å²) < 4.78 is -0.0970. The van der Waals surface area contributed by atoms with E-state index in [0.29, 0.717) is 15.8 Å². The van der Waals surface area contributed by atoms with Gasteiger partial charge in [-0.25, -0.2) is 14.8 Å². The third-order valence-electron chi connectivity index (χ3n) is 4.48. The molecule has 2 aromatic rings. The van der Waals surface area contributed by atoms with Crippen molar-refractivity contribution in [3.63, 3.8) is 0 Å². The number of oxime groups is 1.